The van der Waals surface area contributed by atoms with E-state index in [9.17, 15) is 4.79 Å². The Balaban J connectivity index is 0.00000144. The Hall–Kier alpha value is 0.623. The second-order valence-electron chi connectivity index (χ2n) is 3.98. The van der Waals surface area contributed by atoms with Gasteiger partial charge in [0, 0.05) is 17.0 Å². The van der Waals surface area contributed by atoms with Crippen LogP contribution in [0.4, 0.5) is 4.79 Å². The molecule has 0 aromatic heterocycles. The van der Waals surface area contributed by atoms with E-state index in [-0.39, 0.29) is 31.2 Å². The molecule has 3 nitrogen and oxygen atoms in total. The number of alkyl halides is 1. The van der Waals surface area contributed by atoms with Crippen LogP contribution in [0.25, 0.3) is 0 Å². The van der Waals surface area contributed by atoms with Gasteiger partial charge in [-0.25, -0.2) is 4.79 Å². The molecule has 0 aliphatic carbocycles. The van der Waals surface area contributed by atoms with E-state index < -0.39 is 0 Å². The van der Waals surface area contributed by atoms with Gasteiger partial charge < -0.3 is 9.64 Å². The zero-order valence-electron chi connectivity index (χ0n) is 8.34. The van der Waals surface area contributed by atoms with Gasteiger partial charge in [-0.1, -0.05) is 22.6 Å². The predicted octanol–water partition coefficient (Wildman–Crippen LogP) is 2.04. The molecule has 1 saturated heterocycles. The van der Waals surface area contributed by atoms with Crippen LogP contribution >= 0.6 is 22.6 Å². The number of hydrogen-bond donors (Lipinski definition) is 0. The first kappa shape index (κ1) is 13.6. The van der Waals surface area contributed by atoms with Gasteiger partial charge in [-0.3, -0.25) is 0 Å². The number of carbonyl (C=O) groups is 1. The second kappa shape index (κ2) is 4.92. The Morgan fingerprint density at radius 2 is 1.92 bits per heavy atom. The largest absolute Gasteiger partial charge is 2.00 e. The van der Waals surface area contributed by atoms with Crippen molar-refractivity contribution in [3.63, 3.8) is 0 Å². The molecule has 5 heteroatoms. The quantitative estimate of drug-likeness (QED) is 0.381. The number of ether oxygens (including phenoxy) is 1. The third-order valence-electron chi connectivity index (χ3n) is 1.49. The van der Waals surface area contributed by atoms with Crippen LogP contribution in [0.5, 0.6) is 0 Å². The van der Waals surface area contributed by atoms with Crippen molar-refractivity contribution in [2.75, 3.05) is 13.1 Å². The molecule has 1 heterocycles. The van der Waals surface area contributed by atoms with Gasteiger partial charge in [0.1, 0.15) is 5.60 Å². The van der Waals surface area contributed by atoms with E-state index in [2.05, 4.69) is 22.6 Å². The monoisotopic (exact) mass is 347 g/mol. The van der Waals surface area contributed by atoms with Crippen molar-refractivity contribution in [1.82, 2.24) is 4.90 Å². The zero-order chi connectivity index (χ0) is 9.35. The summed E-state index contributed by atoms with van der Waals surface area (Å²) >= 11 is 2.33. The maximum Gasteiger partial charge on any atom is 2.00 e. The number of halogens is 1. The normalized spacial score (nSPS) is 17.4. The van der Waals surface area contributed by atoms with E-state index in [1.54, 1.807) is 4.90 Å². The van der Waals surface area contributed by atoms with Gasteiger partial charge in [0.15, 0.2) is 0 Å². The molecule has 0 unspecified atom stereocenters. The van der Waals surface area contributed by atoms with Crippen LogP contribution in [-0.4, -0.2) is 33.6 Å². The first-order chi connectivity index (χ1) is 5.38. The molecule has 0 aromatic carbocycles. The zero-order valence-corrected chi connectivity index (χ0v) is 13.5. The predicted molar refractivity (Wildman–Crippen MR) is 55.6 cm³/mol. The summed E-state index contributed by atoms with van der Waals surface area (Å²) in [4.78, 5) is 13.0. The summed E-state index contributed by atoms with van der Waals surface area (Å²) in [6.07, 6.45) is -0.185. The van der Waals surface area contributed by atoms with Crippen molar-refractivity contribution in [3.05, 3.63) is 0 Å². The number of rotatable bonds is 0. The molecule has 0 atom stereocenters. The topological polar surface area (TPSA) is 29.5 Å². The standard InChI is InChI=1S/C8H14INO2.Zn/c1-8(2,3)12-7(11)10-4-6(9)5-10;/h6H,4-5H2,1-3H3;/q;+2. The molecule has 0 bridgehead atoms. The molecule has 1 fully saturated rings. The molecule has 1 aliphatic heterocycles. The third-order valence-corrected chi connectivity index (χ3v) is 2.28. The molecule has 0 radical (unpaired) electrons. The van der Waals surface area contributed by atoms with Gasteiger partial charge in [-0.05, 0) is 20.8 Å². The van der Waals surface area contributed by atoms with Crippen LogP contribution < -0.4 is 0 Å². The van der Waals surface area contributed by atoms with Crippen molar-refractivity contribution in [2.45, 2.75) is 30.3 Å². The SMILES string of the molecule is CC(C)(C)OC(=O)N1CC(I)C1.[Zn+2]. The Morgan fingerprint density at radius 3 is 2.23 bits per heavy atom. The number of nitrogens with zero attached hydrogens (tertiary/aromatic N) is 1. The smallest absolute Gasteiger partial charge is 0.444 e. The Kier molecular flexibility index (Phi) is 5.15. The minimum Gasteiger partial charge on any atom is -0.444 e. The van der Waals surface area contributed by atoms with Crippen LogP contribution in [-0.2, 0) is 24.2 Å². The molecule has 0 saturated carbocycles. The van der Waals surface area contributed by atoms with Gasteiger partial charge in [-0.15, -0.1) is 0 Å². The van der Waals surface area contributed by atoms with Crippen molar-refractivity contribution in [1.29, 1.82) is 0 Å². The van der Waals surface area contributed by atoms with Crippen molar-refractivity contribution >= 4 is 28.7 Å². The minimum atomic E-state index is -0.368. The van der Waals surface area contributed by atoms with Crippen LogP contribution in [0.2, 0.25) is 0 Å². The Morgan fingerprint density at radius 1 is 1.46 bits per heavy atom. The van der Waals surface area contributed by atoms with Crippen LogP contribution in [0.15, 0.2) is 0 Å². The molecule has 0 spiro atoms. The van der Waals surface area contributed by atoms with E-state index in [1.165, 1.54) is 0 Å². The summed E-state index contributed by atoms with van der Waals surface area (Å²) in [6, 6.07) is 0. The summed E-state index contributed by atoms with van der Waals surface area (Å²) in [7, 11) is 0. The van der Waals surface area contributed by atoms with Gasteiger partial charge in [0.05, 0.1) is 0 Å². The van der Waals surface area contributed by atoms with Crippen molar-refractivity contribution in [3.8, 4) is 0 Å². The molecule has 1 amide bonds. The maximum absolute atomic E-state index is 11.3. The molecule has 1 aliphatic rings. The van der Waals surface area contributed by atoms with E-state index >= 15 is 0 Å². The van der Waals surface area contributed by atoms with E-state index in [0.717, 1.165) is 13.1 Å². The van der Waals surface area contributed by atoms with E-state index in [1.807, 2.05) is 20.8 Å². The molecular formula is C8H14INO2Zn+2. The van der Waals surface area contributed by atoms with Crippen LogP contribution in [0.1, 0.15) is 20.8 Å². The first-order valence-electron chi connectivity index (χ1n) is 4.00. The van der Waals surface area contributed by atoms with Gasteiger partial charge in [0.25, 0.3) is 0 Å². The molecule has 1 rings (SSSR count). The summed E-state index contributed by atoms with van der Waals surface area (Å²) in [5.41, 5.74) is -0.368. The first-order valence-corrected chi connectivity index (χ1v) is 5.25. The summed E-state index contributed by atoms with van der Waals surface area (Å²) in [6.45, 7) is 7.30. The van der Waals surface area contributed by atoms with Gasteiger partial charge in [0.2, 0.25) is 0 Å². The molecular weight excluding hydrogens is 334 g/mol. The summed E-state index contributed by atoms with van der Waals surface area (Å²) in [5, 5.41) is 0. The number of amides is 1. The maximum atomic E-state index is 11.3. The number of likely N-dealkylation sites (tertiary alicyclic amines) is 1. The van der Waals surface area contributed by atoms with Crippen LogP contribution in [0, 0.1) is 0 Å². The number of carbonyl (C=O) groups excluding carboxylic acids is 1. The fourth-order valence-electron chi connectivity index (χ4n) is 0.900. The Bertz CT molecular complexity index is 187. The molecule has 13 heavy (non-hydrogen) atoms. The Labute approximate surface area is 105 Å². The molecule has 0 N–H and O–H groups in total. The summed E-state index contributed by atoms with van der Waals surface area (Å²) < 4.78 is 5.78. The summed E-state index contributed by atoms with van der Waals surface area (Å²) in [5.74, 6) is 0. The van der Waals surface area contributed by atoms with Gasteiger partial charge in [-0.2, -0.15) is 0 Å². The third kappa shape index (κ3) is 4.59. The van der Waals surface area contributed by atoms with E-state index in [0.29, 0.717) is 3.92 Å². The van der Waals surface area contributed by atoms with E-state index in [4.69, 9.17) is 4.74 Å². The second-order valence-corrected chi connectivity index (χ2v) is 5.74. The van der Waals surface area contributed by atoms with Crippen molar-refractivity contribution in [2.24, 2.45) is 0 Å². The minimum absolute atomic E-state index is 0. The fourth-order valence-corrected chi connectivity index (χ4v) is 1.85. The average Bonchev–Trinajstić information content (AvgIpc) is 1.76. The molecule has 0 aromatic rings. The number of hydrogen-bond acceptors (Lipinski definition) is 2. The van der Waals surface area contributed by atoms with Gasteiger partial charge >= 0.3 is 25.6 Å². The average molecular weight is 348 g/mol. The molecule has 70 valence electrons. The van der Waals surface area contributed by atoms with Crippen LogP contribution in [0.3, 0.4) is 0 Å². The van der Waals surface area contributed by atoms with Crippen molar-refractivity contribution < 1.29 is 29.0 Å². The fraction of sp³-hybridized carbons (Fsp3) is 0.875.